The highest BCUT2D eigenvalue weighted by Crippen LogP contribution is 2.06. The molecule has 2 rings (SSSR count). The molecule has 6 heteroatoms. The summed E-state index contributed by atoms with van der Waals surface area (Å²) in [5, 5.41) is 8.59. The van der Waals surface area contributed by atoms with E-state index in [0.29, 0.717) is 25.3 Å². The third-order valence-electron chi connectivity index (χ3n) is 2.88. The summed E-state index contributed by atoms with van der Waals surface area (Å²) >= 11 is 0. The third-order valence-corrected chi connectivity index (χ3v) is 2.88. The lowest BCUT2D eigenvalue weighted by molar-refractivity contribution is 0.0646. The molecule has 1 aromatic rings. The van der Waals surface area contributed by atoms with Crippen molar-refractivity contribution >= 4 is 5.91 Å². The summed E-state index contributed by atoms with van der Waals surface area (Å²) in [6.45, 7) is 3.28. The maximum atomic E-state index is 12.0. The number of carbonyl (C=O) groups is 1. The Morgan fingerprint density at radius 1 is 1.47 bits per heavy atom. The van der Waals surface area contributed by atoms with Crippen molar-refractivity contribution in [2.24, 2.45) is 7.05 Å². The smallest absolute Gasteiger partial charge is 0.274 e. The SMILES string of the molecule is Cn1cnc(C(=O)N2CCN(CC#N)CC2)c1. The molecule has 0 radical (unpaired) electrons. The average molecular weight is 233 g/mol. The van der Waals surface area contributed by atoms with Crippen LogP contribution in [-0.4, -0.2) is 58.0 Å². The first-order valence-corrected chi connectivity index (χ1v) is 5.57. The standard InChI is InChI=1S/C11H15N5O/c1-14-8-10(13-9-14)11(17)16-6-4-15(3-2-12)5-7-16/h8-9H,3-7H2,1H3. The molecule has 0 spiro atoms. The molecule has 0 saturated carbocycles. The second-order valence-corrected chi connectivity index (χ2v) is 4.15. The lowest BCUT2D eigenvalue weighted by Crippen LogP contribution is -2.48. The van der Waals surface area contributed by atoms with Crippen LogP contribution in [0.1, 0.15) is 10.5 Å². The molecule has 1 aromatic heterocycles. The van der Waals surface area contributed by atoms with Crippen molar-refractivity contribution in [1.29, 1.82) is 5.26 Å². The molecule has 0 atom stereocenters. The molecule has 1 fully saturated rings. The lowest BCUT2D eigenvalue weighted by Gasteiger charge is -2.32. The maximum Gasteiger partial charge on any atom is 0.274 e. The molecule has 90 valence electrons. The number of hydrogen-bond donors (Lipinski definition) is 0. The van der Waals surface area contributed by atoms with Crippen molar-refractivity contribution < 1.29 is 4.79 Å². The van der Waals surface area contributed by atoms with E-state index in [9.17, 15) is 4.79 Å². The largest absolute Gasteiger partial charge is 0.340 e. The Hall–Kier alpha value is -1.87. The number of amides is 1. The molecule has 0 N–H and O–H groups in total. The van der Waals surface area contributed by atoms with E-state index < -0.39 is 0 Å². The first-order valence-electron chi connectivity index (χ1n) is 5.57. The molecular formula is C11H15N5O. The van der Waals surface area contributed by atoms with E-state index in [2.05, 4.69) is 11.1 Å². The van der Waals surface area contributed by atoms with Gasteiger partial charge in [0.1, 0.15) is 5.69 Å². The van der Waals surface area contributed by atoms with Crippen molar-refractivity contribution in [1.82, 2.24) is 19.4 Å². The number of imidazole rings is 1. The van der Waals surface area contributed by atoms with Gasteiger partial charge >= 0.3 is 0 Å². The Balaban J connectivity index is 1.93. The van der Waals surface area contributed by atoms with Gasteiger partial charge in [0.05, 0.1) is 18.9 Å². The monoisotopic (exact) mass is 233 g/mol. The summed E-state index contributed by atoms with van der Waals surface area (Å²) in [6, 6.07) is 2.12. The number of aromatic nitrogens is 2. The first kappa shape index (κ1) is 11.6. The van der Waals surface area contributed by atoms with Gasteiger partial charge in [-0.1, -0.05) is 0 Å². The highest BCUT2D eigenvalue weighted by molar-refractivity contribution is 5.92. The second kappa shape index (κ2) is 4.97. The van der Waals surface area contributed by atoms with Gasteiger partial charge in [0, 0.05) is 39.4 Å². The van der Waals surface area contributed by atoms with Crippen LogP contribution in [0.5, 0.6) is 0 Å². The minimum Gasteiger partial charge on any atom is -0.340 e. The van der Waals surface area contributed by atoms with Gasteiger partial charge in [0.2, 0.25) is 0 Å². The molecule has 1 aliphatic heterocycles. The molecule has 0 aromatic carbocycles. The van der Waals surface area contributed by atoms with Gasteiger partial charge in [-0.25, -0.2) is 4.98 Å². The molecule has 0 unspecified atom stereocenters. The van der Waals surface area contributed by atoms with Gasteiger partial charge in [-0.3, -0.25) is 9.69 Å². The van der Waals surface area contributed by atoms with Crippen LogP contribution in [0.4, 0.5) is 0 Å². The fraction of sp³-hybridized carbons (Fsp3) is 0.545. The number of hydrogen-bond acceptors (Lipinski definition) is 4. The number of aryl methyl sites for hydroxylation is 1. The number of nitrogens with zero attached hydrogens (tertiary/aromatic N) is 5. The van der Waals surface area contributed by atoms with Crippen LogP contribution in [0.25, 0.3) is 0 Å². The number of carbonyl (C=O) groups excluding carboxylic acids is 1. The van der Waals surface area contributed by atoms with Crippen molar-refractivity contribution in [3.8, 4) is 6.07 Å². The van der Waals surface area contributed by atoms with Crippen molar-refractivity contribution in [2.75, 3.05) is 32.7 Å². The summed E-state index contributed by atoms with van der Waals surface area (Å²) in [4.78, 5) is 19.9. The maximum absolute atomic E-state index is 12.0. The Labute approximate surface area is 100 Å². The van der Waals surface area contributed by atoms with Gasteiger partial charge in [-0.2, -0.15) is 5.26 Å². The molecule has 1 aliphatic rings. The third kappa shape index (κ3) is 2.63. The predicted molar refractivity (Wildman–Crippen MR) is 61.2 cm³/mol. The van der Waals surface area contributed by atoms with E-state index in [1.165, 1.54) is 0 Å². The molecule has 1 amide bonds. The van der Waals surface area contributed by atoms with E-state index in [4.69, 9.17) is 5.26 Å². The zero-order valence-electron chi connectivity index (χ0n) is 9.83. The summed E-state index contributed by atoms with van der Waals surface area (Å²) in [5.74, 6) is -0.0257. The first-order chi connectivity index (χ1) is 8.20. The average Bonchev–Trinajstić information content (AvgIpc) is 2.76. The van der Waals surface area contributed by atoms with Gasteiger partial charge < -0.3 is 9.47 Å². The van der Waals surface area contributed by atoms with Crippen LogP contribution in [-0.2, 0) is 7.05 Å². The molecule has 1 saturated heterocycles. The van der Waals surface area contributed by atoms with Crippen LogP contribution in [0.2, 0.25) is 0 Å². The Morgan fingerprint density at radius 2 is 2.18 bits per heavy atom. The molecule has 0 aliphatic carbocycles. The number of piperazine rings is 1. The Morgan fingerprint density at radius 3 is 2.71 bits per heavy atom. The zero-order valence-corrected chi connectivity index (χ0v) is 9.83. The summed E-state index contributed by atoms with van der Waals surface area (Å²) < 4.78 is 1.76. The van der Waals surface area contributed by atoms with Crippen LogP contribution in [0.15, 0.2) is 12.5 Å². The summed E-state index contributed by atoms with van der Waals surface area (Å²) in [7, 11) is 1.84. The Bertz CT molecular complexity index is 439. The normalized spacial score (nSPS) is 16.8. The van der Waals surface area contributed by atoms with Crippen molar-refractivity contribution in [3.05, 3.63) is 18.2 Å². The lowest BCUT2D eigenvalue weighted by atomic mass is 10.3. The second-order valence-electron chi connectivity index (χ2n) is 4.15. The van der Waals surface area contributed by atoms with E-state index in [1.54, 1.807) is 22.0 Å². The predicted octanol–water partition coefficient (Wildman–Crippen LogP) is -0.299. The molecule has 2 heterocycles. The number of nitriles is 1. The van der Waals surface area contributed by atoms with E-state index in [-0.39, 0.29) is 5.91 Å². The summed E-state index contributed by atoms with van der Waals surface area (Å²) in [6.07, 6.45) is 3.35. The van der Waals surface area contributed by atoms with Gasteiger partial charge in [0.15, 0.2) is 0 Å². The van der Waals surface area contributed by atoms with Crippen LogP contribution >= 0.6 is 0 Å². The van der Waals surface area contributed by atoms with Crippen LogP contribution in [0, 0.1) is 11.3 Å². The molecule has 6 nitrogen and oxygen atoms in total. The zero-order chi connectivity index (χ0) is 12.3. The fourth-order valence-electron chi connectivity index (χ4n) is 1.89. The quantitative estimate of drug-likeness (QED) is 0.658. The van der Waals surface area contributed by atoms with E-state index in [0.717, 1.165) is 13.1 Å². The van der Waals surface area contributed by atoms with E-state index >= 15 is 0 Å². The Kier molecular flexibility index (Phi) is 3.40. The van der Waals surface area contributed by atoms with Gasteiger partial charge in [-0.05, 0) is 0 Å². The summed E-state index contributed by atoms with van der Waals surface area (Å²) in [5.41, 5.74) is 0.487. The molecule has 0 bridgehead atoms. The van der Waals surface area contributed by atoms with Crippen molar-refractivity contribution in [2.45, 2.75) is 0 Å². The highest BCUT2D eigenvalue weighted by atomic mass is 16.2. The molecule has 17 heavy (non-hydrogen) atoms. The van der Waals surface area contributed by atoms with Gasteiger partial charge in [-0.15, -0.1) is 0 Å². The fourth-order valence-corrected chi connectivity index (χ4v) is 1.89. The topological polar surface area (TPSA) is 65.2 Å². The minimum absolute atomic E-state index is 0.0257. The van der Waals surface area contributed by atoms with Crippen LogP contribution in [0.3, 0.4) is 0 Å². The van der Waals surface area contributed by atoms with Gasteiger partial charge in [0.25, 0.3) is 5.91 Å². The van der Waals surface area contributed by atoms with Crippen LogP contribution < -0.4 is 0 Å². The minimum atomic E-state index is -0.0257. The van der Waals surface area contributed by atoms with E-state index in [1.807, 2.05) is 11.9 Å². The number of rotatable bonds is 2. The highest BCUT2D eigenvalue weighted by Gasteiger charge is 2.22. The van der Waals surface area contributed by atoms with Crippen molar-refractivity contribution in [3.63, 3.8) is 0 Å². The molecular weight excluding hydrogens is 218 g/mol.